The van der Waals surface area contributed by atoms with Crippen LogP contribution in [0.1, 0.15) is 22.3 Å². The molecule has 9 rings (SSSR count). The van der Waals surface area contributed by atoms with E-state index in [0.717, 1.165) is 49.3 Å². The molecule has 7 aromatic rings. The highest BCUT2D eigenvalue weighted by Gasteiger charge is 2.51. The fourth-order valence-electron chi connectivity index (χ4n) is 6.96. The molecule has 4 heteroatoms. The van der Waals surface area contributed by atoms with Crippen molar-refractivity contribution in [2.24, 2.45) is 0 Å². The average Bonchev–Trinajstić information content (AvgIpc) is 3.69. The van der Waals surface area contributed by atoms with E-state index in [0.29, 0.717) is 0 Å². The summed E-state index contributed by atoms with van der Waals surface area (Å²) in [5.74, 6) is 1.79. The average molecular weight is 569 g/mol. The van der Waals surface area contributed by atoms with Crippen LogP contribution in [0.2, 0.25) is 0 Å². The highest BCUT2D eigenvalue weighted by atomic mass is 32.1. The van der Waals surface area contributed by atoms with Gasteiger partial charge in [0.25, 0.3) is 0 Å². The minimum atomic E-state index is -0.477. The Balaban J connectivity index is 1.25. The van der Waals surface area contributed by atoms with Gasteiger partial charge in [0.05, 0.1) is 5.41 Å². The third-order valence-electron chi connectivity index (χ3n) is 8.74. The van der Waals surface area contributed by atoms with E-state index in [1.54, 1.807) is 11.3 Å². The van der Waals surface area contributed by atoms with Crippen molar-refractivity contribution in [1.82, 2.24) is 10.2 Å². The molecule has 0 fully saturated rings. The molecule has 1 aromatic heterocycles. The highest BCUT2D eigenvalue weighted by molar-refractivity contribution is 7.17. The van der Waals surface area contributed by atoms with Gasteiger partial charge < -0.3 is 4.74 Å². The summed E-state index contributed by atoms with van der Waals surface area (Å²) < 4.78 is 6.86. The lowest BCUT2D eigenvalue weighted by Gasteiger charge is -2.40. The Labute approximate surface area is 253 Å². The number of aromatic nitrogens is 2. The van der Waals surface area contributed by atoms with Crippen molar-refractivity contribution in [2.45, 2.75) is 5.41 Å². The second-order valence-corrected chi connectivity index (χ2v) is 12.0. The summed E-state index contributed by atoms with van der Waals surface area (Å²) in [6, 6.07) is 51.5. The van der Waals surface area contributed by atoms with E-state index in [2.05, 4.69) is 138 Å². The predicted molar refractivity (Wildman–Crippen MR) is 174 cm³/mol. The number of fused-ring (bicyclic) bond motifs is 9. The molecule has 1 aliphatic heterocycles. The number of hydrogen-bond donors (Lipinski definition) is 0. The molecule has 202 valence electrons. The molecule has 0 atom stereocenters. The molecule has 0 bridgehead atoms. The Hall–Kier alpha value is -5.32. The van der Waals surface area contributed by atoms with Gasteiger partial charge in [-0.05, 0) is 39.9 Å². The Morgan fingerprint density at radius 3 is 1.74 bits per heavy atom. The quantitative estimate of drug-likeness (QED) is 0.213. The van der Waals surface area contributed by atoms with Gasteiger partial charge in [-0.15, -0.1) is 10.2 Å². The zero-order valence-corrected chi connectivity index (χ0v) is 23.9. The summed E-state index contributed by atoms with van der Waals surface area (Å²) in [6.45, 7) is 0. The number of para-hydroxylation sites is 2. The van der Waals surface area contributed by atoms with Crippen molar-refractivity contribution >= 4 is 11.3 Å². The maximum absolute atomic E-state index is 6.86. The molecule has 0 unspecified atom stereocenters. The van der Waals surface area contributed by atoms with Crippen LogP contribution < -0.4 is 4.74 Å². The second-order valence-electron chi connectivity index (χ2n) is 11.0. The molecule has 2 aliphatic rings. The zero-order valence-electron chi connectivity index (χ0n) is 23.1. The van der Waals surface area contributed by atoms with Crippen LogP contribution in [0, 0.1) is 0 Å². The molecular weight excluding hydrogens is 545 g/mol. The third-order valence-corrected chi connectivity index (χ3v) is 9.76. The summed E-state index contributed by atoms with van der Waals surface area (Å²) in [5.41, 5.74) is 11.3. The highest BCUT2D eigenvalue weighted by Crippen LogP contribution is 2.63. The first-order valence-corrected chi connectivity index (χ1v) is 15.2. The van der Waals surface area contributed by atoms with Crippen molar-refractivity contribution in [2.75, 3.05) is 0 Å². The van der Waals surface area contributed by atoms with Crippen LogP contribution in [0.3, 0.4) is 0 Å². The van der Waals surface area contributed by atoms with E-state index < -0.39 is 5.41 Å². The summed E-state index contributed by atoms with van der Waals surface area (Å²) >= 11 is 1.61. The standard InChI is InChI=1S/C39H24N2OS/c1-2-12-25(13-3-1)37-40-41-38(43-37)27-15-10-14-26(24-27)28-18-11-22-34-36(28)42-35-23-9-8-21-33(35)39(34)31-19-6-4-16-29(31)30-17-5-7-20-32(30)39/h1-24H. The number of rotatable bonds is 3. The molecule has 0 saturated carbocycles. The van der Waals surface area contributed by atoms with Crippen LogP contribution in [0.25, 0.3) is 43.4 Å². The summed E-state index contributed by atoms with van der Waals surface area (Å²) in [4.78, 5) is 0. The van der Waals surface area contributed by atoms with Gasteiger partial charge in [0, 0.05) is 27.8 Å². The lowest BCUT2D eigenvalue weighted by molar-refractivity contribution is 0.438. The van der Waals surface area contributed by atoms with Gasteiger partial charge in [-0.1, -0.05) is 145 Å². The molecule has 1 spiro atoms. The molecule has 2 heterocycles. The van der Waals surface area contributed by atoms with Crippen molar-refractivity contribution in [1.29, 1.82) is 0 Å². The zero-order chi connectivity index (χ0) is 28.4. The van der Waals surface area contributed by atoms with Gasteiger partial charge in [-0.25, -0.2) is 0 Å². The van der Waals surface area contributed by atoms with Gasteiger partial charge in [-0.2, -0.15) is 0 Å². The van der Waals surface area contributed by atoms with Crippen LogP contribution >= 0.6 is 11.3 Å². The van der Waals surface area contributed by atoms with Crippen molar-refractivity contribution in [3.05, 3.63) is 168 Å². The van der Waals surface area contributed by atoms with Gasteiger partial charge in [0.1, 0.15) is 21.5 Å². The van der Waals surface area contributed by atoms with Crippen molar-refractivity contribution in [3.63, 3.8) is 0 Å². The Kier molecular flexibility index (Phi) is 5.28. The summed E-state index contributed by atoms with van der Waals surface area (Å²) in [6.07, 6.45) is 0. The lowest BCUT2D eigenvalue weighted by atomic mass is 9.65. The van der Waals surface area contributed by atoms with E-state index >= 15 is 0 Å². The van der Waals surface area contributed by atoms with E-state index in [1.165, 1.54) is 27.8 Å². The maximum Gasteiger partial charge on any atom is 0.148 e. The van der Waals surface area contributed by atoms with Crippen molar-refractivity contribution in [3.8, 4) is 54.9 Å². The smallest absolute Gasteiger partial charge is 0.148 e. The Morgan fingerprint density at radius 2 is 0.977 bits per heavy atom. The largest absolute Gasteiger partial charge is 0.456 e. The van der Waals surface area contributed by atoms with E-state index in [9.17, 15) is 0 Å². The van der Waals surface area contributed by atoms with E-state index in [4.69, 9.17) is 4.74 Å². The normalized spacial score (nSPS) is 13.5. The first kappa shape index (κ1) is 24.3. The molecule has 0 amide bonds. The molecule has 3 nitrogen and oxygen atoms in total. The molecule has 0 N–H and O–H groups in total. The Bertz CT molecular complexity index is 2140. The minimum Gasteiger partial charge on any atom is -0.456 e. The first-order chi connectivity index (χ1) is 21.3. The van der Waals surface area contributed by atoms with Crippen LogP contribution in [-0.2, 0) is 5.41 Å². The fourth-order valence-corrected chi connectivity index (χ4v) is 7.81. The van der Waals surface area contributed by atoms with E-state index in [1.807, 2.05) is 18.2 Å². The third kappa shape index (κ3) is 3.47. The summed E-state index contributed by atoms with van der Waals surface area (Å²) in [7, 11) is 0. The van der Waals surface area contributed by atoms with Gasteiger partial charge in [0.2, 0.25) is 0 Å². The molecule has 43 heavy (non-hydrogen) atoms. The lowest BCUT2D eigenvalue weighted by Crippen LogP contribution is -2.32. The van der Waals surface area contributed by atoms with Crippen molar-refractivity contribution < 1.29 is 4.74 Å². The monoisotopic (exact) mass is 568 g/mol. The minimum absolute atomic E-state index is 0.477. The Morgan fingerprint density at radius 1 is 0.442 bits per heavy atom. The number of nitrogens with zero attached hydrogens (tertiary/aromatic N) is 2. The number of benzene rings is 6. The molecular formula is C39H24N2OS. The van der Waals surface area contributed by atoms with Gasteiger partial charge >= 0.3 is 0 Å². The number of ether oxygens (including phenoxy) is 1. The topological polar surface area (TPSA) is 35.0 Å². The van der Waals surface area contributed by atoms with Crippen LogP contribution in [0.15, 0.2) is 146 Å². The van der Waals surface area contributed by atoms with E-state index in [-0.39, 0.29) is 0 Å². The molecule has 1 aliphatic carbocycles. The second kappa shape index (κ2) is 9.35. The summed E-state index contributed by atoms with van der Waals surface area (Å²) in [5, 5.41) is 10.9. The number of hydrogen-bond acceptors (Lipinski definition) is 4. The maximum atomic E-state index is 6.86. The van der Waals surface area contributed by atoms with Crippen LogP contribution in [0.4, 0.5) is 0 Å². The SMILES string of the molecule is c1ccc(-c2nnc(-c3cccc(-c4cccc5c4Oc4ccccc4C54c5ccccc5-c5ccccc54)c3)s2)cc1. The first-order valence-electron chi connectivity index (χ1n) is 14.4. The molecule has 0 saturated heterocycles. The van der Waals surface area contributed by atoms with Crippen LogP contribution in [0.5, 0.6) is 11.5 Å². The molecule has 6 aromatic carbocycles. The van der Waals surface area contributed by atoms with Crippen LogP contribution in [-0.4, -0.2) is 10.2 Å². The van der Waals surface area contributed by atoms with Gasteiger partial charge in [0.15, 0.2) is 0 Å². The molecule has 0 radical (unpaired) electrons. The van der Waals surface area contributed by atoms with Gasteiger partial charge in [-0.3, -0.25) is 0 Å². The fraction of sp³-hybridized carbons (Fsp3) is 0.0256. The predicted octanol–water partition coefficient (Wildman–Crippen LogP) is 10.0.